The first-order chi connectivity index (χ1) is 10.1. The second kappa shape index (κ2) is 5.90. The second-order valence-corrected chi connectivity index (χ2v) is 7.36. The molecule has 0 spiro atoms. The number of carbonyl (C=O) groups is 1. The number of amides is 1. The highest BCUT2D eigenvalue weighted by Gasteiger charge is 2.35. The zero-order valence-corrected chi connectivity index (χ0v) is 12.7. The van der Waals surface area contributed by atoms with Crippen molar-refractivity contribution < 1.29 is 26.4 Å². The molecule has 1 aromatic rings. The molecule has 0 aliphatic carbocycles. The average molecular weight is 339 g/mol. The van der Waals surface area contributed by atoms with Gasteiger partial charge in [-0.2, -0.15) is 18.3 Å². The van der Waals surface area contributed by atoms with E-state index < -0.39 is 33.7 Å². The largest absolute Gasteiger partial charge is 0.435 e. The Morgan fingerprint density at radius 2 is 2.18 bits per heavy atom. The van der Waals surface area contributed by atoms with E-state index in [0.717, 1.165) is 16.9 Å². The summed E-state index contributed by atoms with van der Waals surface area (Å²) in [4.78, 5) is 13.6. The summed E-state index contributed by atoms with van der Waals surface area (Å²) in [6, 6.07) is 0.379. The number of likely N-dealkylation sites (N-methyl/N-ethyl adjacent to an activating group) is 1. The Bertz CT molecular complexity index is 654. The van der Waals surface area contributed by atoms with Crippen molar-refractivity contribution in [3.8, 4) is 0 Å². The van der Waals surface area contributed by atoms with Crippen molar-refractivity contribution in [3.05, 3.63) is 18.0 Å². The van der Waals surface area contributed by atoms with Crippen LogP contribution in [-0.2, 0) is 27.4 Å². The molecule has 0 saturated carbocycles. The minimum absolute atomic E-state index is 0.0292. The number of carbonyl (C=O) groups excluding carboxylic acids is 1. The fourth-order valence-electron chi connectivity index (χ4n) is 2.49. The fraction of sp³-hybridized carbons (Fsp3) is 0.667. The van der Waals surface area contributed by atoms with Gasteiger partial charge < -0.3 is 4.90 Å². The average Bonchev–Trinajstić information content (AvgIpc) is 2.97. The van der Waals surface area contributed by atoms with Gasteiger partial charge in [0, 0.05) is 18.8 Å². The van der Waals surface area contributed by atoms with Crippen LogP contribution in [0.5, 0.6) is 0 Å². The van der Waals surface area contributed by atoms with E-state index in [2.05, 4.69) is 5.10 Å². The Kier molecular flexibility index (Phi) is 4.50. The molecule has 1 aliphatic rings. The molecule has 6 nitrogen and oxygen atoms in total. The lowest BCUT2D eigenvalue weighted by molar-refractivity contribution is -0.142. The maximum atomic E-state index is 12.5. The predicted octanol–water partition coefficient (Wildman–Crippen LogP) is 0.938. The van der Waals surface area contributed by atoms with Crippen molar-refractivity contribution in [2.24, 2.45) is 0 Å². The lowest BCUT2D eigenvalue weighted by Crippen LogP contribution is -2.42. The van der Waals surface area contributed by atoms with Crippen LogP contribution in [0, 0.1) is 0 Å². The highest BCUT2D eigenvalue weighted by atomic mass is 32.2. The standard InChI is InChI=1S/C12H16F3N3O3S/c1-2-18(9-4-6-22(20,21)8-9)11(19)7-17-5-3-10(16-17)12(13,14)15/h3,5,9H,2,4,6-8H2,1H3. The molecule has 22 heavy (non-hydrogen) atoms. The van der Waals surface area contributed by atoms with Crippen LogP contribution < -0.4 is 0 Å². The minimum Gasteiger partial charge on any atom is -0.337 e. The van der Waals surface area contributed by atoms with Gasteiger partial charge in [-0.15, -0.1) is 0 Å². The topological polar surface area (TPSA) is 72.3 Å². The SMILES string of the molecule is CCN(C(=O)Cn1ccc(C(F)(F)F)n1)C1CCS(=O)(=O)C1. The minimum atomic E-state index is -4.56. The van der Waals surface area contributed by atoms with E-state index in [1.807, 2.05) is 0 Å². The van der Waals surface area contributed by atoms with Crippen molar-refractivity contribution >= 4 is 15.7 Å². The first-order valence-electron chi connectivity index (χ1n) is 6.73. The molecular weight excluding hydrogens is 323 g/mol. The fourth-order valence-corrected chi connectivity index (χ4v) is 4.22. The number of hydrogen-bond donors (Lipinski definition) is 0. The molecule has 0 N–H and O–H groups in total. The monoisotopic (exact) mass is 339 g/mol. The number of alkyl halides is 3. The van der Waals surface area contributed by atoms with Crippen LogP contribution in [0.15, 0.2) is 12.3 Å². The van der Waals surface area contributed by atoms with E-state index in [1.54, 1.807) is 6.92 Å². The number of hydrogen-bond acceptors (Lipinski definition) is 4. The van der Waals surface area contributed by atoms with E-state index >= 15 is 0 Å². The Labute approximate surface area is 125 Å². The molecule has 2 heterocycles. The molecule has 10 heteroatoms. The molecule has 124 valence electrons. The molecule has 1 unspecified atom stereocenters. The Morgan fingerprint density at radius 3 is 2.64 bits per heavy atom. The van der Waals surface area contributed by atoms with E-state index in [-0.39, 0.29) is 18.1 Å². The van der Waals surface area contributed by atoms with E-state index in [4.69, 9.17) is 0 Å². The van der Waals surface area contributed by atoms with Gasteiger partial charge in [0.15, 0.2) is 15.5 Å². The summed E-state index contributed by atoms with van der Waals surface area (Å²) in [6.45, 7) is 1.65. The lowest BCUT2D eigenvalue weighted by Gasteiger charge is -2.26. The number of rotatable bonds is 4. The van der Waals surface area contributed by atoms with Crippen molar-refractivity contribution in [2.45, 2.75) is 32.1 Å². The molecule has 1 fully saturated rings. The maximum Gasteiger partial charge on any atom is 0.435 e. The first-order valence-corrected chi connectivity index (χ1v) is 8.55. The zero-order chi connectivity index (χ0) is 16.5. The number of halogens is 3. The molecule has 2 rings (SSSR count). The van der Waals surface area contributed by atoms with Gasteiger partial charge in [0.2, 0.25) is 5.91 Å². The van der Waals surface area contributed by atoms with Crippen molar-refractivity contribution in [1.82, 2.24) is 14.7 Å². The third-order valence-corrected chi connectivity index (χ3v) is 5.29. The normalized spacial score (nSPS) is 21.0. The van der Waals surface area contributed by atoms with E-state index in [1.165, 1.54) is 4.90 Å². The van der Waals surface area contributed by atoms with Crippen LogP contribution in [0.4, 0.5) is 13.2 Å². The summed E-state index contributed by atoms with van der Waals surface area (Å²) < 4.78 is 61.2. The molecule has 1 saturated heterocycles. The number of aromatic nitrogens is 2. The van der Waals surface area contributed by atoms with E-state index in [9.17, 15) is 26.4 Å². The Morgan fingerprint density at radius 1 is 1.50 bits per heavy atom. The third kappa shape index (κ3) is 3.79. The summed E-state index contributed by atoms with van der Waals surface area (Å²) in [5.41, 5.74) is -1.06. The van der Waals surface area contributed by atoms with Crippen molar-refractivity contribution in [1.29, 1.82) is 0 Å². The summed E-state index contributed by atoms with van der Waals surface area (Å²) in [5.74, 6) is -0.512. The predicted molar refractivity (Wildman–Crippen MR) is 71.7 cm³/mol. The molecule has 0 radical (unpaired) electrons. The summed E-state index contributed by atoms with van der Waals surface area (Å²) in [6.07, 6.45) is -3.12. The number of sulfone groups is 1. The molecule has 1 atom stereocenters. The van der Waals surface area contributed by atoms with Gasteiger partial charge in [-0.1, -0.05) is 0 Å². The van der Waals surface area contributed by atoms with Gasteiger partial charge in [0.1, 0.15) is 6.54 Å². The molecule has 0 bridgehead atoms. The highest BCUT2D eigenvalue weighted by molar-refractivity contribution is 7.91. The third-order valence-electron chi connectivity index (χ3n) is 3.54. The lowest BCUT2D eigenvalue weighted by atomic mass is 10.2. The van der Waals surface area contributed by atoms with Crippen LogP contribution in [0.25, 0.3) is 0 Å². The Balaban J connectivity index is 2.05. The van der Waals surface area contributed by atoms with Gasteiger partial charge in [0.05, 0.1) is 11.5 Å². The summed E-state index contributed by atoms with van der Waals surface area (Å²) in [5, 5.41) is 3.32. The van der Waals surface area contributed by atoms with E-state index in [0.29, 0.717) is 13.0 Å². The van der Waals surface area contributed by atoms with Gasteiger partial charge >= 0.3 is 6.18 Å². The summed E-state index contributed by atoms with van der Waals surface area (Å²) >= 11 is 0. The highest BCUT2D eigenvalue weighted by Crippen LogP contribution is 2.27. The molecular formula is C12H16F3N3O3S. The molecule has 1 amide bonds. The Hall–Kier alpha value is -1.58. The van der Waals surface area contributed by atoms with Gasteiger partial charge in [0.25, 0.3) is 0 Å². The second-order valence-electron chi connectivity index (χ2n) is 5.13. The zero-order valence-electron chi connectivity index (χ0n) is 11.9. The molecule has 1 aliphatic heterocycles. The maximum absolute atomic E-state index is 12.5. The van der Waals surface area contributed by atoms with Crippen LogP contribution >= 0.6 is 0 Å². The van der Waals surface area contributed by atoms with Gasteiger partial charge in [-0.05, 0) is 19.4 Å². The van der Waals surface area contributed by atoms with Gasteiger partial charge in [-0.25, -0.2) is 8.42 Å². The summed E-state index contributed by atoms with van der Waals surface area (Å²) in [7, 11) is -3.14. The van der Waals surface area contributed by atoms with Crippen molar-refractivity contribution in [2.75, 3.05) is 18.1 Å². The van der Waals surface area contributed by atoms with Crippen LogP contribution in [0.2, 0.25) is 0 Å². The van der Waals surface area contributed by atoms with Crippen LogP contribution in [0.1, 0.15) is 19.0 Å². The first kappa shape index (κ1) is 16.8. The molecule has 1 aromatic heterocycles. The van der Waals surface area contributed by atoms with Crippen LogP contribution in [0.3, 0.4) is 0 Å². The molecule has 0 aromatic carbocycles. The smallest absolute Gasteiger partial charge is 0.337 e. The quantitative estimate of drug-likeness (QED) is 0.818. The van der Waals surface area contributed by atoms with Crippen molar-refractivity contribution in [3.63, 3.8) is 0 Å². The van der Waals surface area contributed by atoms with Crippen LogP contribution in [-0.4, -0.2) is 53.1 Å². The number of nitrogens with zero attached hydrogens (tertiary/aromatic N) is 3. The van der Waals surface area contributed by atoms with Gasteiger partial charge in [-0.3, -0.25) is 9.48 Å².